The quantitative estimate of drug-likeness (QED) is 0.570. The summed E-state index contributed by atoms with van der Waals surface area (Å²) in [5, 5.41) is 11.5. The van der Waals surface area contributed by atoms with E-state index in [1.807, 2.05) is 0 Å². The van der Waals surface area contributed by atoms with E-state index in [0.717, 1.165) is 0 Å². The van der Waals surface area contributed by atoms with E-state index in [0.29, 0.717) is 11.5 Å². The lowest BCUT2D eigenvalue weighted by Crippen LogP contribution is -2.18. The van der Waals surface area contributed by atoms with Crippen LogP contribution in [0.25, 0.3) is 5.78 Å². The third kappa shape index (κ3) is 1.62. The van der Waals surface area contributed by atoms with Gasteiger partial charge in [0.2, 0.25) is 0 Å². The van der Waals surface area contributed by atoms with E-state index in [2.05, 4.69) is 15.1 Å². The van der Waals surface area contributed by atoms with Crippen LogP contribution in [0.3, 0.4) is 0 Å². The predicted octanol–water partition coefficient (Wildman–Crippen LogP) is -1.28. The third-order valence-electron chi connectivity index (χ3n) is 2.02. The summed E-state index contributed by atoms with van der Waals surface area (Å²) in [6.45, 7) is 1.47. The van der Waals surface area contributed by atoms with Gasteiger partial charge in [-0.25, -0.2) is 4.98 Å². The maximum atomic E-state index is 11.5. The fourth-order valence-electron chi connectivity index (χ4n) is 1.26. The van der Waals surface area contributed by atoms with Crippen molar-refractivity contribution in [1.82, 2.24) is 19.6 Å². The van der Waals surface area contributed by atoms with Gasteiger partial charge in [-0.3, -0.25) is 9.89 Å². The van der Waals surface area contributed by atoms with Crippen molar-refractivity contribution >= 4 is 5.78 Å². The lowest BCUT2D eigenvalue weighted by atomic mass is 10.3. The van der Waals surface area contributed by atoms with Crippen molar-refractivity contribution in [2.24, 2.45) is 5.73 Å². The number of fused-ring (bicyclic) bond motifs is 1. The summed E-state index contributed by atoms with van der Waals surface area (Å²) >= 11 is 0. The molecule has 0 aliphatic carbocycles. The van der Waals surface area contributed by atoms with E-state index in [1.165, 1.54) is 10.6 Å². The van der Waals surface area contributed by atoms with Crippen LogP contribution in [-0.4, -0.2) is 31.3 Å². The number of aliphatic hydroxyl groups excluding tert-OH is 1. The Kier molecular flexibility index (Phi) is 2.25. The summed E-state index contributed by atoms with van der Waals surface area (Å²) in [6.07, 6.45) is 0. The first-order valence-electron chi connectivity index (χ1n) is 4.44. The van der Waals surface area contributed by atoms with E-state index < -0.39 is 6.04 Å². The Morgan fingerprint density at radius 2 is 2.40 bits per heavy atom. The van der Waals surface area contributed by atoms with Crippen molar-refractivity contribution < 1.29 is 5.11 Å². The van der Waals surface area contributed by atoms with Gasteiger partial charge in [-0.15, -0.1) is 0 Å². The highest BCUT2D eigenvalue weighted by molar-refractivity contribution is 5.28. The van der Waals surface area contributed by atoms with Gasteiger partial charge in [-0.05, 0) is 6.92 Å². The second-order valence-corrected chi connectivity index (χ2v) is 3.27. The molecule has 0 aromatic carbocycles. The molecule has 0 aliphatic heterocycles. The minimum absolute atomic E-state index is 0.243. The van der Waals surface area contributed by atoms with Gasteiger partial charge < -0.3 is 10.8 Å². The highest BCUT2D eigenvalue weighted by atomic mass is 16.3. The number of hydrogen-bond donors (Lipinski definition) is 3. The maximum Gasteiger partial charge on any atom is 0.274 e. The standard InChI is InChI=1S/C8H11N5O2/c1-4-2-6(15)13-8(10-4)11-7(12-13)5(9)3-14/h2,5,14H,3,9H2,1H3,(H,10,11,12). The molecule has 0 saturated heterocycles. The normalized spacial score (nSPS) is 13.3. The van der Waals surface area contributed by atoms with Crippen molar-refractivity contribution in [3.05, 3.63) is 27.9 Å². The van der Waals surface area contributed by atoms with E-state index in [-0.39, 0.29) is 17.9 Å². The number of aliphatic hydroxyl groups is 1. The summed E-state index contributed by atoms with van der Waals surface area (Å²) in [4.78, 5) is 19.5. The molecule has 0 aliphatic rings. The third-order valence-corrected chi connectivity index (χ3v) is 2.02. The summed E-state index contributed by atoms with van der Waals surface area (Å²) in [6, 6.07) is 0.755. The number of H-pyrrole nitrogens is 1. The maximum absolute atomic E-state index is 11.5. The molecule has 2 aromatic rings. The zero-order valence-electron chi connectivity index (χ0n) is 8.14. The van der Waals surface area contributed by atoms with Crippen LogP contribution in [0.2, 0.25) is 0 Å². The number of aryl methyl sites for hydroxylation is 1. The Labute approximate surface area is 84.6 Å². The molecule has 4 N–H and O–H groups in total. The monoisotopic (exact) mass is 209 g/mol. The van der Waals surface area contributed by atoms with Crippen molar-refractivity contribution in [2.45, 2.75) is 13.0 Å². The molecule has 2 aromatic heterocycles. The van der Waals surface area contributed by atoms with Gasteiger partial charge in [0.1, 0.15) is 5.82 Å². The molecule has 0 amide bonds. The number of rotatable bonds is 2. The Balaban J connectivity index is 2.65. The molecule has 0 bridgehead atoms. The molecule has 0 fully saturated rings. The molecule has 15 heavy (non-hydrogen) atoms. The van der Waals surface area contributed by atoms with Gasteiger partial charge in [0.25, 0.3) is 11.3 Å². The first-order valence-corrected chi connectivity index (χ1v) is 4.44. The number of nitrogens with one attached hydrogen (secondary N) is 1. The SMILES string of the molecule is Cc1cc(=O)n2[nH]c(C(N)CO)nc2n1. The Hall–Kier alpha value is -1.73. The average molecular weight is 209 g/mol. The minimum atomic E-state index is -0.633. The van der Waals surface area contributed by atoms with E-state index in [1.54, 1.807) is 6.92 Å². The molecule has 1 atom stereocenters. The van der Waals surface area contributed by atoms with Gasteiger partial charge in [-0.1, -0.05) is 0 Å². The summed E-state index contributed by atoms with van der Waals surface area (Å²) in [7, 11) is 0. The molecule has 0 saturated carbocycles. The van der Waals surface area contributed by atoms with Crippen LogP contribution in [0, 0.1) is 6.92 Å². The van der Waals surface area contributed by atoms with Gasteiger partial charge >= 0.3 is 0 Å². The molecule has 7 heteroatoms. The van der Waals surface area contributed by atoms with Gasteiger partial charge in [0.15, 0.2) is 0 Å². The van der Waals surface area contributed by atoms with Crippen molar-refractivity contribution in [3.63, 3.8) is 0 Å². The first kappa shape index (κ1) is 9.81. The van der Waals surface area contributed by atoms with E-state index >= 15 is 0 Å². The Morgan fingerprint density at radius 3 is 3.07 bits per heavy atom. The molecule has 0 spiro atoms. The molecule has 0 radical (unpaired) electrons. The van der Waals surface area contributed by atoms with Crippen molar-refractivity contribution in [1.29, 1.82) is 0 Å². The largest absolute Gasteiger partial charge is 0.394 e. The van der Waals surface area contributed by atoms with Crippen LogP contribution in [0.5, 0.6) is 0 Å². The number of hydrogen-bond acceptors (Lipinski definition) is 5. The topological polar surface area (TPSA) is 109 Å². The van der Waals surface area contributed by atoms with Crippen LogP contribution in [-0.2, 0) is 0 Å². The van der Waals surface area contributed by atoms with Crippen LogP contribution in [0.15, 0.2) is 10.9 Å². The summed E-state index contributed by atoms with van der Waals surface area (Å²) in [5.74, 6) is 0.603. The van der Waals surface area contributed by atoms with E-state index in [9.17, 15) is 4.79 Å². The fraction of sp³-hybridized carbons (Fsp3) is 0.375. The molecular formula is C8H11N5O2. The lowest BCUT2D eigenvalue weighted by Gasteiger charge is -2.00. The van der Waals surface area contributed by atoms with Crippen molar-refractivity contribution in [2.75, 3.05) is 6.61 Å². The highest BCUT2D eigenvalue weighted by Gasteiger charge is 2.11. The molecule has 1 unspecified atom stereocenters. The molecule has 7 nitrogen and oxygen atoms in total. The number of nitrogens with zero attached hydrogens (tertiary/aromatic N) is 3. The van der Waals surface area contributed by atoms with Crippen LogP contribution in [0.4, 0.5) is 0 Å². The second-order valence-electron chi connectivity index (χ2n) is 3.27. The fourth-order valence-corrected chi connectivity index (χ4v) is 1.26. The van der Waals surface area contributed by atoms with Crippen LogP contribution in [0.1, 0.15) is 17.6 Å². The Morgan fingerprint density at radius 1 is 1.67 bits per heavy atom. The van der Waals surface area contributed by atoms with Crippen LogP contribution < -0.4 is 11.3 Å². The van der Waals surface area contributed by atoms with Crippen LogP contribution >= 0.6 is 0 Å². The Bertz CT molecular complexity index is 543. The smallest absolute Gasteiger partial charge is 0.274 e. The zero-order chi connectivity index (χ0) is 11.0. The summed E-state index contributed by atoms with van der Waals surface area (Å²) < 4.78 is 1.19. The molecule has 2 heterocycles. The predicted molar refractivity (Wildman–Crippen MR) is 52.4 cm³/mol. The highest BCUT2D eigenvalue weighted by Crippen LogP contribution is 2.03. The van der Waals surface area contributed by atoms with Gasteiger partial charge in [0.05, 0.1) is 12.6 Å². The second kappa shape index (κ2) is 3.44. The number of aromatic amines is 1. The lowest BCUT2D eigenvalue weighted by molar-refractivity contribution is 0.263. The molecule has 80 valence electrons. The van der Waals surface area contributed by atoms with Gasteiger partial charge in [-0.2, -0.15) is 9.50 Å². The molecular weight excluding hydrogens is 198 g/mol. The first-order chi connectivity index (χ1) is 7.11. The van der Waals surface area contributed by atoms with Crippen molar-refractivity contribution in [3.8, 4) is 0 Å². The minimum Gasteiger partial charge on any atom is -0.394 e. The number of nitrogens with two attached hydrogens (primary N) is 1. The number of aromatic nitrogens is 4. The van der Waals surface area contributed by atoms with Gasteiger partial charge in [0, 0.05) is 11.8 Å². The summed E-state index contributed by atoms with van der Waals surface area (Å²) in [5.41, 5.74) is 5.90. The molecule has 2 rings (SSSR count). The average Bonchev–Trinajstić information content (AvgIpc) is 2.60. The zero-order valence-corrected chi connectivity index (χ0v) is 8.14. The van der Waals surface area contributed by atoms with E-state index in [4.69, 9.17) is 10.8 Å².